The molecule has 0 saturated heterocycles. The van der Waals surface area contributed by atoms with Crippen molar-refractivity contribution in [3.8, 4) is 0 Å². The van der Waals surface area contributed by atoms with E-state index in [-0.39, 0.29) is 12.5 Å². The van der Waals surface area contributed by atoms with Crippen molar-refractivity contribution in [2.24, 2.45) is 0 Å². The molecular weight excluding hydrogens is 350 g/mol. The number of amides is 2. The quantitative estimate of drug-likeness (QED) is 0.670. The molecule has 1 atom stereocenters. The molecule has 0 spiro atoms. The molecule has 1 unspecified atom stereocenters. The molecular formula is C24H23NO3. The van der Waals surface area contributed by atoms with E-state index in [9.17, 15) is 9.59 Å². The van der Waals surface area contributed by atoms with Crippen molar-refractivity contribution in [2.45, 2.75) is 18.8 Å². The van der Waals surface area contributed by atoms with Crippen molar-refractivity contribution in [3.63, 3.8) is 0 Å². The van der Waals surface area contributed by atoms with E-state index in [1.54, 1.807) is 0 Å². The lowest BCUT2D eigenvalue weighted by Gasteiger charge is -2.18. The minimum Gasteiger partial charge on any atom is -0.449 e. The number of rotatable bonds is 6. The van der Waals surface area contributed by atoms with Gasteiger partial charge in [-0.3, -0.25) is 10.1 Å². The monoisotopic (exact) mass is 373 g/mol. The number of benzene rings is 3. The third-order valence-corrected chi connectivity index (χ3v) is 4.59. The van der Waals surface area contributed by atoms with Crippen LogP contribution in [0.5, 0.6) is 0 Å². The predicted octanol–water partition coefficient (Wildman–Crippen LogP) is 4.88. The highest BCUT2D eigenvalue weighted by atomic mass is 16.5. The lowest BCUT2D eigenvalue weighted by molar-refractivity contribution is -0.121. The molecule has 3 aromatic rings. The summed E-state index contributed by atoms with van der Waals surface area (Å²) in [5.41, 5.74) is 2.71. The third kappa shape index (κ3) is 5.07. The Labute approximate surface area is 165 Å². The van der Waals surface area contributed by atoms with Crippen molar-refractivity contribution in [1.29, 1.82) is 0 Å². The van der Waals surface area contributed by atoms with Crippen LogP contribution in [0.2, 0.25) is 0 Å². The Balaban J connectivity index is 1.66. The van der Waals surface area contributed by atoms with Crippen LogP contribution in [0.3, 0.4) is 0 Å². The van der Waals surface area contributed by atoms with E-state index in [1.807, 2.05) is 97.9 Å². The molecule has 0 saturated carbocycles. The van der Waals surface area contributed by atoms with Gasteiger partial charge in [0.1, 0.15) is 0 Å². The van der Waals surface area contributed by atoms with Crippen LogP contribution in [0.25, 0.3) is 0 Å². The molecule has 3 rings (SSSR count). The fourth-order valence-corrected chi connectivity index (χ4v) is 3.07. The van der Waals surface area contributed by atoms with E-state index < -0.39 is 17.9 Å². The molecule has 4 nitrogen and oxygen atoms in total. The van der Waals surface area contributed by atoms with Gasteiger partial charge < -0.3 is 4.74 Å². The first-order valence-electron chi connectivity index (χ1n) is 9.27. The zero-order valence-corrected chi connectivity index (χ0v) is 15.7. The van der Waals surface area contributed by atoms with E-state index in [1.165, 1.54) is 0 Å². The molecule has 28 heavy (non-hydrogen) atoms. The highest BCUT2D eigenvalue weighted by Crippen LogP contribution is 2.24. The van der Waals surface area contributed by atoms with Crippen molar-refractivity contribution < 1.29 is 14.3 Å². The van der Waals surface area contributed by atoms with Gasteiger partial charge >= 0.3 is 6.09 Å². The average Bonchev–Trinajstić information content (AvgIpc) is 2.74. The number of ether oxygens (including phenoxy) is 1. The maximum absolute atomic E-state index is 12.9. The predicted molar refractivity (Wildman–Crippen MR) is 109 cm³/mol. The second-order valence-electron chi connectivity index (χ2n) is 6.65. The van der Waals surface area contributed by atoms with Crippen LogP contribution in [0.1, 0.15) is 35.4 Å². The second-order valence-corrected chi connectivity index (χ2v) is 6.65. The molecule has 0 fully saturated rings. The summed E-state index contributed by atoms with van der Waals surface area (Å²) in [5, 5.41) is 2.38. The Morgan fingerprint density at radius 1 is 0.750 bits per heavy atom. The summed E-state index contributed by atoms with van der Waals surface area (Å²) in [6.45, 7) is 2.17. The molecule has 3 aromatic carbocycles. The Morgan fingerprint density at radius 3 is 1.64 bits per heavy atom. The van der Waals surface area contributed by atoms with Gasteiger partial charge in [-0.05, 0) is 16.7 Å². The number of carbonyl (C=O) groups is 2. The van der Waals surface area contributed by atoms with Gasteiger partial charge in [0.2, 0.25) is 5.91 Å². The number of carbonyl (C=O) groups excluding carboxylic acids is 2. The largest absolute Gasteiger partial charge is 0.449 e. The van der Waals surface area contributed by atoms with Crippen molar-refractivity contribution in [2.75, 3.05) is 6.61 Å². The zero-order chi connectivity index (χ0) is 19.8. The average molecular weight is 373 g/mol. The Hall–Kier alpha value is -3.40. The van der Waals surface area contributed by atoms with Gasteiger partial charge in [0.05, 0.1) is 12.5 Å². The topological polar surface area (TPSA) is 55.4 Å². The standard InChI is InChI=1S/C24H23NO3/c1-18(19-11-5-2-6-12-19)17-28-24(27)25-23(26)22(20-13-7-3-8-14-20)21-15-9-4-10-16-21/h2-16,18,22H,17H2,1H3,(H,25,26,27). The first-order valence-corrected chi connectivity index (χ1v) is 9.27. The molecule has 0 bridgehead atoms. The summed E-state index contributed by atoms with van der Waals surface area (Å²) in [4.78, 5) is 25.1. The maximum atomic E-state index is 12.9. The van der Waals surface area contributed by atoms with Gasteiger partial charge in [-0.15, -0.1) is 0 Å². The molecule has 142 valence electrons. The summed E-state index contributed by atoms with van der Waals surface area (Å²) < 4.78 is 5.28. The summed E-state index contributed by atoms with van der Waals surface area (Å²) in [6.07, 6.45) is -0.732. The minimum absolute atomic E-state index is 0.0427. The first kappa shape index (κ1) is 19.4. The van der Waals surface area contributed by atoms with Gasteiger partial charge in [0.25, 0.3) is 0 Å². The molecule has 4 heteroatoms. The lowest BCUT2D eigenvalue weighted by Crippen LogP contribution is -2.36. The van der Waals surface area contributed by atoms with Crippen LogP contribution in [0, 0.1) is 0 Å². The van der Waals surface area contributed by atoms with Gasteiger partial charge in [-0.1, -0.05) is 97.9 Å². The SMILES string of the molecule is CC(COC(=O)NC(=O)C(c1ccccc1)c1ccccc1)c1ccccc1. The molecule has 0 heterocycles. The first-order chi connectivity index (χ1) is 13.6. The molecule has 2 amide bonds. The van der Waals surface area contributed by atoms with Crippen molar-refractivity contribution in [1.82, 2.24) is 5.32 Å². The van der Waals surface area contributed by atoms with E-state index >= 15 is 0 Å². The third-order valence-electron chi connectivity index (χ3n) is 4.59. The van der Waals surface area contributed by atoms with E-state index in [2.05, 4.69) is 5.32 Å². The van der Waals surface area contributed by atoms with Crippen molar-refractivity contribution in [3.05, 3.63) is 108 Å². The molecule has 0 aliphatic rings. The van der Waals surface area contributed by atoms with Crippen LogP contribution in [-0.2, 0) is 9.53 Å². The fourth-order valence-electron chi connectivity index (χ4n) is 3.07. The summed E-state index contributed by atoms with van der Waals surface area (Å²) in [5.74, 6) is -0.947. The molecule has 0 aromatic heterocycles. The van der Waals surface area contributed by atoms with Gasteiger partial charge in [0, 0.05) is 5.92 Å². The normalized spacial score (nSPS) is 11.6. The van der Waals surface area contributed by atoms with Crippen LogP contribution in [0.15, 0.2) is 91.0 Å². The van der Waals surface area contributed by atoms with E-state index in [0.29, 0.717) is 0 Å². The molecule has 0 radical (unpaired) electrons. The fraction of sp³-hybridized carbons (Fsp3) is 0.167. The number of alkyl carbamates (subject to hydrolysis) is 1. The highest BCUT2D eigenvalue weighted by molar-refractivity contribution is 5.97. The summed E-state index contributed by atoms with van der Waals surface area (Å²) >= 11 is 0. The number of hydrogen-bond acceptors (Lipinski definition) is 3. The maximum Gasteiger partial charge on any atom is 0.413 e. The van der Waals surface area contributed by atoms with Crippen molar-refractivity contribution >= 4 is 12.0 Å². The number of hydrogen-bond donors (Lipinski definition) is 1. The summed E-state index contributed by atoms with van der Waals surface area (Å²) in [7, 11) is 0. The molecule has 0 aliphatic carbocycles. The Morgan fingerprint density at radius 2 is 1.18 bits per heavy atom. The number of imide groups is 1. The Bertz CT molecular complexity index is 855. The lowest BCUT2D eigenvalue weighted by atomic mass is 9.90. The molecule has 0 aliphatic heterocycles. The van der Waals surface area contributed by atoms with E-state index in [0.717, 1.165) is 16.7 Å². The Kier molecular flexibility index (Phi) is 6.58. The van der Waals surface area contributed by atoms with Crippen LogP contribution in [0.4, 0.5) is 4.79 Å². The number of nitrogens with one attached hydrogen (secondary N) is 1. The van der Waals surface area contributed by atoms with Gasteiger partial charge in [-0.25, -0.2) is 4.79 Å². The smallest absolute Gasteiger partial charge is 0.413 e. The molecule has 1 N–H and O–H groups in total. The van der Waals surface area contributed by atoms with Gasteiger partial charge in [0.15, 0.2) is 0 Å². The minimum atomic E-state index is -0.732. The van der Waals surface area contributed by atoms with Gasteiger partial charge in [-0.2, -0.15) is 0 Å². The zero-order valence-electron chi connectivity index (χ0n) is 15.7. The second kappa shape index (κ2) is 9.51. The summed E-state index contributed by atoms with van der Waals surface area (Å²) in [6, 6.07) is 28.6. The van der Waals surface area contributed by atoms with E-state index in [4.69, 9.17) is 4.74 Å². The van der Waals surface area contributed by atoms with Crippen LogP contribution >= 0.6 is 0 Å². The van der Waals surface area contributed by atoms with Crippen LogP contribution in [-0.4, -0.2) is 18.6 Å². The highest BCUT2D eigenvalue weighted by Gasteiger charge is 2.24. The van der Waals surface area contributed by atoms with Crippen LogP contribution < -0.4 is 5.32 Å².